The van der Waals surface area contributed by atoms with E-state index in [0.717, 1.165) is 0 Å². The summed E-state index contributed by atoms with van der Waals surface area (Å²) in [5, 5.41) is 24.9. The Morgan fingerprint density at radius 3 is 2.75 bits per heavy atom. The maximum Gasteiger partial charge on any atom is 0.353 e. The SMILES string of the molecule is CCn1nc(C)c([N+](=O)[O-])c1Oc1cccc(O)c1C. The van der Waals surface area contributed by atoms with Crippen LogP contribution in [-0.2, 0) is 6.54 Å². The van der Waals surface area contributed by atoms with E-state index >= 15 is 0 Å². The first-order valence-corrected chi connectivity index (χ1v) is 6.14. The molecule has 0 radical (unpaired) electrons. The molecule has 1 heterocycles. The normalized spacial score (nSPS) is 10.6. The summed E-state index contributed by atoms with van der Waals surface area (Å²) >= 11 is 0. The fourth-order valence-electron chi connectivity index (χ4n) is 1.89. The lowest BCUT2D eigenvalue weighted by atomic mass is 10.2. The molecule has 106 valence electrons. The summed E-state index contributed by atoms with van der Waals surface area (Å²) in [4.78, 5) is 10.6. The topological polar surface area (TPSA) is 90.4 Å². The lowest BCUT2D eigenvalue weighted by molar-refractivity contribution is -0.386. The Morgan fingerprint density at radius 2 is 2.15 bits per heavy atom. The Bertz CT molecular complexity index is 664. The average molecular weight is 277 g/mol. The molecule has 0 bridgehead atoms. The van der Waals surface area contributed by atoms with Crippen molar-refractivity contribution in [3.05, 3.63) is 39.6 Å². The zero-order valence-corrected chi connectivity index (χ0v) is 11.5. The third-order valence-corrected chi connectivity index (χ3v) is 2.99. The number of aromatic hydroxyl groups is 1. The molecule has 1 aromatic carbocycles. The number of hydrogen-bond donors (Lipinski definition) is 1. The number of nitrogens with zero attached hydrogens (tertiary/aromatic N) is 3. The van der Waals surface area contributed by atoms with Gasteiger partial charge in [-0.15, -0.1) is 0 Å². The van der Waals surface area contributed by atoms with Crippen molar-refractivity contribution in [2.45, 2.75) is 27.3 Å². The minimum atomic E-state index is -0.512. The number of ether oxygens (including phenoxy) is 1. The minimum absolute atomic E-state index is 0.0729. The van der Waals surface area contributed by atoms with Crippen LogP contribution in [0.2, 0.25) is 0 Å². The maximum atomic E-state index is 11.1. The number of nitro groups is 1. The van der Waals surface area contributed by atoms with E-state index in [0.29, 0.717) is 23.6 Å². The Balaban J connectivity index is 2.52. The summed E-state index contributed by atoms with van der Waals surface area (Å²) in [6.45, 7) is 5.50. The maximum absolute atomic E-state index is 11.1. The second kappa shape index (κ2) is 5.20. The highest BCUT2D eigenvalue weighted by atomic mass is 16.6. The quantitative estimate of drug-likeness (QED) is 0.685. The molecule has 1 aromatic heterocycles. The van der Waals surface area contributed by atoms with Crippen LogP contribution < -0.4 is 4.74 Å². The molecule has 0 aliphatic rings. The van der Waals surface area contributed by atoms with Crippen LogP contribution >= 0.6 is 0 Å². The van der Waals surface area contributed by atoms with Crippen LogP contribution in [0, 0.1) is 24.0 Å². The van der Waals surface area contributed by atoms with E-state index in [4.69, 9.17) is 4.74 Å². The zero-order valence-electron chi connectivity index (χ0n) is 11.5. The van der Waals surface area contributed by atoms with Crippen LogP contribution in [0.3, 0.4) is 0 Å². The molecular weight excluding hydrogens is 262 g/mol. The Kier molecular flexibility index (Phi) is 3.60. The van der Waals surface area contributed by atoms with Crippen molar-refractivity contribution in [3.8, 4) is 17.4 Å². The van der Waals surface area contributed by atoms with Crippen LogP contribution in [0.15, 0.2) is 18.2 Å². The van der Waals surface area contributed by atoms with Gasteiger partial charge in [-0.25, -0.2) is 4.68 Å². The molecule has 0 unspecified atom stereocenters. The van der Waals surface area contributed by atoms with Gasteiger partial charge >= 0.3 is 5.69 Å². The van der Waals surface area contributed by atoms with Crippen molar-refractivity contribution in [2.24, 2.45) is 0 Å². The zero-order chi connectivity index (χ0) is 14.9. The van der Waals surface area contributed by atoms with E-state index < -0.39 is 4.92 Å². The van der Waals surface area contributed by atoms with Crippen LogP contribution in [-0.4, -0.2) is 19.8 Å². The highest BCUT2D eigenvalue weighted by Gasteiger charge is 2.27. The molecule has 1 N–H and O–H groups in total. The van der Waals surface area contributed by atoms with Crippen LogP contribution in [0.25, 0.3) is 0 Å². The predicted octanol–water partition coefficient (Wildman–Crippen LogP) is 2.93. The van der Waals surface area contributed by atoms with Gasteiger partial charge in [-0.2, -0.15) is 5.10 Å². The fraction of sp³-hybridized carbons (Fsp3) is 0.308. The monoisotopic (exact) mass is 277 g/mol. The van der Waals surface area contributed by atoms with Gasteiger partial charge in [0, 0.05) is 12.1 Å². The first-order valence-electron chi connectivity index (χ1n) is 6.14. The summed E-state index contributed by atoms with van der Waals surface area (Å²) in [7, 11) is 0. The number of aromatic nitrogens is 2. The lowest BCUT2D eigenvalue weighted by Gasteiger charge is -2.10. The molecule has 20 heavy (non-hydrogen) atoms. The van der Waals surface area contributed by atoms with E-state index in [1.807, 2.05) is 6.92 Å². The minimum Gasteiger partial charge on any atom is -0.508 e. The average Bonchev–Trinajstić information content (AvgIpc) is 2.71. The summed E-state index contributed by atoms with van der Waals surface area (Å²) in [6, 6.07) is 4.78. The van der Waals surface area contributed by atoms with Crippen molar-refractivity contribution in [2.75, 3.05) is 0 Å². The molecule has 0 spiro atoms. The second-order valence-electron chi connectivity index (χ2n) is 4.31. The predicted molar refractivity (Wildman–Crippen MR) is 72.2 cm³/mol. The van der Waals surface area contributed by atoms with Gasteiger partial charge in [-0.3, -0.25) is 10.1 Å². The van der Waals surface area contributed by atoms with E-state index in [1.54, 1.807) is 26.0 Å². The third-order valence-electron chi connectivity index (χ3n) is 2.99. The molecule has 0 aliphatic carbocycles. The Labute approximate surface area is 115 Å². The van der Waals surface area contributed by atoms with Crippen molar-refractivity contribution in [3.63, 3.8) is 0 Å². The van der Waals surface area contributed by atoms with E-state index in [-0.39, 0.29) is 17.3 Å². The Morgan fingerprint density at radius 1 is 1.45 bits per heavy atom. The molecular formula is C13H15N3O4. The van der Waals surface area contributed by atoms with Crippen LogP contribution in [0.5, 0.6) is 17.4 Å². The highest BCUT2D eigenvalue weighted by Crippen LogP contribution is 2.37. The van der Waals surface area contributed by atoms with Crippen molar-refractivity contribution in [1.82, 2.24) is 9.78 Å². The van der Waals surface area contributed by atoms with Gasteiger partial charge in [0.2, 0.25) is 0 Å². The fourth-order valence-corrected chi connectivity index (χ4v) is 1.89. The van der Waals surface area contributed by atoms with E-state index in [9.17, 15) is 15.2 Å². The lowest BCUT2D eigenvalue weighted by Crippen LogP contribution is -2.01. The van der Waals surface area contributed by atoms with Crippen molar-refractivity contribution >= 4 is 5.69 Å². The molecule has 7 heteroatoms. The van der Waals surface area contributed by atoms with Crippen LogP contribution in [0.1, 0.15) is 18.2 Å². The second-order valence-corrected chi connectivity index (χ2v) is 4.31. The summed E-state index contributed by atoms with van der Waals surface area (Å²) in [5.41, 5.74) is 0.655. The number of benzene rings is 1. The molecule has 2 aromatic rings. The standard InChI is InChI=1S/C13H15N3O4/c1-4-15-13(12(16(18)19)9(3)14-15)20-11-7-5-6-10(17)8(11)2/h5-7,17H,4H2,1-3H3. The largest absolute Gasteiger partial charge is 0.508 e. The van der Waals surface area contributed by atoms with Crippen LogP contribution in [0.4, 0.5) is 5.69 Å². The van der Waals surface area contributed by atoms with E-state index in [2.05, 4.69) is 5.10 Å². The van der Waals surface area contributed by atoms with Crippen molar-refractivity contribution in [1.29, 1.82) is 0 Å². The number of phenols is 1. The van der Waals surface area contributed by atoms with Gasteiger partial charge < -0.3 is 9.84 Å². The van der Waals surface area contributed by atoms with Gasteiger partial charge in [0.25, 0.3) is 5.88 Å². The highest BCUT2D eigenvalue weighted by molar-refractivity contribution is 5.50. The molecule has 2 rings (SSSR count). The number of rotatable bonds is 4. The van der Waals surface area contributed by atoms with Crippen molar-refractivity contribution < 1.29 is 14.8 Å². The molecule has 0 saturated carbocycles. The first-order chi connectivity index (χ1) is 9.45. The molecule has 0 fully saturated rings. The molecule has 0 saturated heterocycles. The number of hydrogen-bond acceptors (Lipinski definition) is 5. The Hall–Kier alpha value is -2.57. The number of phenolic OH excluding ortho intramolecular Hbond substituents is 1. The third kappa shape index (κ3) is 2.29. The van der Waals surface area contributed by atoms with Gasteiger partial charge in [-0.05, 0) is 32.9 Å². The van der Waals surface area contributed by atoms with Gasteiger partial charge in [-0.1, -0.05) is 6.07 Å². The summed E-state index contributed by atoms with van der Waals surface area (Å²) < 4.78 is 7.05. The van der Waals surface area contributed by atoms with Gasteiger partial charge in [0.1, 0.15) is 17.2 Å². The summed E-state index contributed by atoms with van der Waals surface area (Å²) in [5.74, 6) is 0.510. The first kappa shape index (κ1) is 13.9. The molecule has 0 amide bonds. The summed E-state index contributed by atoms with van der Waals surface area (Å²) in [6.07, 6.45) is 0. The number of aryl methyl sites for hydroxylation is 2. The van der Waals surface area contributed by atoms with Gasteiger partial charge in [0.15, 0.2) is 0 Å². The molecule has 0 atom stereocenters. The molecule has 0 aliphatic heterocycles. The van der Waals surface area contributed by atoms with E-state index in [1.165, 1.54) is 10.7 Å². The van der Waals surface area contributed by atoms with Gasteiger partial charge in [0.05, 0.1) is 4.92 Å². The molecule has 7 nitrogen and oxygen atoms in total. The smallest absolute Gasteiger partial charge is 0.353 e.